The van der Waals surface area contributed by atoms with Crippen LogP contribution in [0.2, 0.25) is 0 Å². The summed E-state index contributed by atoms with van der Waals surface area (Å²) in [6.07, 6.45) is 1.74. The highest BCUT2D eigenvalue weighted by molar-refractivity contribution is 5.60. The number of hydrogen-bond acceptors (Lipinski definition) is 5. The van der Waals surface area contributed by atoms with Crippen LogP contribution >= 0.6 is 0 Å². The van der Waals surface area contributed by atoms with Gasteiger partial charge in [0.05, 0.1) is 0 Å². The highest BCUT2D eigenvalue weighted by Crippen LogP contribution is 2.17. The molecule has 0 aromatic carbocycles. The van der Waals surface area contributed by atoms with Crippen molar-refractivity contribution in [3.8, 4) is 0 Å². The maximum Gasteiger partial charge on any atom is 0.332 e. The Morgan fingerprint density at radius 3 is 2.48 bits per heavy atom. The molecule has 120 valence electrons. The zero-order chi connectivity index (χ0) is 16.2. The summed E-state index contributed by atoms with van der Waals surface area (Å²) in [4.78, 5) is 24.3. The van der Waals surface area contributed by atoms with Crippen molar-refractivity contribution in [1.29, 1.82) is 0 Å². The number of nitrogens with two attached hydrogens (primary N) is 1. The number of hydrogen-bond donors (Lipinski definition) is 3. The lowest BCUT2D eigenvalue weighted by Crippen LogP contribution is -2.41. The topological polar surface area (TPSA) is 102 Å². The van der Waals surface area contributed by atoms with Crippen molar-refractivity contribution in [2.24, 2.45) is 12.5 Å². The van der Waals surface area contributed by atoms with E-state index in [-0.39, 0.29) is 23.5 Å². The second kappa shape index (κ2) is 6.80. The van der Waals surface area contributed by atoms with Crippen molar-refractivity contribution in [2.75, 3.05) is 24.2 Å². The molecule has 0 amide bonds. The standard InChI is InChI=1S/C14H26N4O3/c1-5-6-7-18-11(15)10(12(20)17(4)13(18)21)16-8-14(2,3)9-19/h16,19H,5-9,15H2,1-4H3. The molecule has 0 bridgehead atoms. The minimum atomic E-state index is -0.445. The van der Waals surface area contributed by atoms with Crippen LogP contribution in [0.25, 0.3) is 0 Å². The number of aromatic nitrogens is 2. The van der Waals surface area contributed by atoms with E-state index in [4.69, 9.17) is 5.73 Å². The molecule has 0 atom stereocenters. The van der Waals surface area contributed by atoms with Gasteiger partial charge in [0.1, 0.15) is 11.5 Å². The largest absolute Gasteiger partial charge is 0.396 e. The van der Waals surface area contributed by atoms with Crippen LogP contribution < -0.4 is 22.3 Å². The first-order valence-electron chi connectivity index (χ1n) is 7.19. The number of unbranched alkanes of at least 4 members (excludes halogenated alkanes) is 1. The normalized spacial score (nSPS) is 11.7. The maximum absolute atomic E-state index is 12.2. The average molecular weight is 298 g/mol. The first-order valence-corrected chi connectivity index (χ1v) is 7.19. The first kappa shape index (κ1) is 17.3. The summed E-state index contributed by atoms with van der Waals surface area (Å²) in [7, 11) is 1.44. The van der Waals surface area contributed by atoms with Crippen LogP contribution in [-0.4, -0.2) is 27.4 Å². The molecule has 0 saturated carbocycles. The summed E-state index contributed by atoms with van der Waals surface area (Å²) in [6, 6.07) is 0. The maximum atomic E-state index is 12.2. The molecule has 1 heterocycles. The van der Waals surface area contributed by atoms with E-state index in [1.807, 2.05) is 20.8 Å². The number of anilines is 2. The van der Waals surface area contributed by atoms with E-state index in [0.29, 0.717) is 13.1 Å². The highest BCUT2D eigenvalue weighted by Gasteiger charge is 2.20. The molecule has 0 fully saturated rings. The van der Waals surface area contributed by atoms with E-state index in [0.717, 1.165) is 17.4 Å². The second-order valence-corrected chi connectivity index (χ2v) is 6.09. The van der Waals surface area contributed by atoms with Gasteiger partial charge in [-0.25, -0.2) is 4.79 Å². The van der Waals surface area contributed by atoms with Gasteiger partial charge in [-0.3, -0.25) is 13.9 Å². The van der Waals surface area contributed by atoms with Crippen molar-refractivity contribution in [1.82, 2.24) is 9.13 Å². The third kappa shape index (κ3) is 3.87. The number of rotatable bonds is 7. The summed E-state index contributed by atoms with van der Waals surface area (Å²) < 4.78 is 2.47. The van der Waals surface area contributed by atoms with E-state index in [9.17, 15) is 14.7 Å². The van der Waals surface area contributed by atoms with Gasteiger partial charge in [-0.2, -0.15) is 0 Å². The van der Waals surface area contributed by atoms with Crippen molar-refractivity contribution in [3.05, 3.63) is 20.8 Å². The van der Waals surface area contributed by atoms with Crippen LogP contribution in [0.3, 0.4) is 0 Å². The Morgan fingerprint density at radius 2 is 1.95 bits per heavy atom. The molecule has 1 rings (SSSR count). The molecule has 7 nitrogen and oxygen atoms in total. The number of aliphatic hydroxyl groups is 1. The smallest absolute Gasteiger partial charge is 0.332 e. The van der Waals surface area contributed by atoms with E-state index in [1.165, 1.54) is 11.6 Å². The van der Waals surface area contributed by atoms with Crippen LogP contribution in [0.1, 0.15) is 33.6 Å². The van der Waals surface area contributed by atoms with Gasteiger partial charge in [0.25, 0.3) is 5.56 Å². The van der Waals surface area contributed by atoms with Crippen LogP contribution in [0.5, 0.6) is 0 Å². The van der Waals surface area contributed by atoms with Crippen LogP contribution in [0.15, 0.2) is 9.59 Å². The van der Waals surface area contributed by atoms with Crippen molar-refractivity contribution >= 4 is 11.5 Å². The summed E-state index contributed by atoms with van der Waals surface area (Å²) in [5.74, 6) is 0.158. The molecule has 4 N–H and O–H groups in total. The minimum absolute atomic E-state index is 0.0182. The van der Waals surface area contributed by atoms with Crippen LogP contribution in [0.4, 0.5) is 11.5 Å². The lowest BCUT2D eigenvalue weighted by Gasteiger charge is -2.23. The zero-order valence-electron chi connectivity index (χ0n) is 13.3. The highest BCUT2D eigenvalue weighted by atomic mass is 16.3. The minimum Gasteiger partial charge on any atom is -0.396 e. The zero-order valence-corrected chi connectivity index (χ0v) is 13.3. The Labute approximate surface area is 124 Å². The van der Waals surface area contributed by atoms with Gasteiger partial charge in [0.15, 0.2) is 0 Å². The monoisotopic (exact) mass is 298 g/mol. The first-order chi connectivity index (χ1) is 9.75. The summed E-state index contributed by atoms with van der Waals surface area (Å²) in [5.41, 5.74) is 4.97. The Hall–Kier alpha value is -1.76. The fourth-order valence-electron chi connectivity index (χ4n) is 1.87. The Morgan fingerprint density at radius 1 is 1.33 bits per heavy atom. The summed E-state index contributed by atoms with van der Waals surface area (Å²) in [6.45, 7) is 6.60. The van der Waals surface area contributed by atoms with E-state index >= 15 is 0 Å². The lowest BCUT2D eigenvalue weighted by atomic mass is 9.95. The van der Waals surface area contributed by atoms with Gasteiger partial charge in [-0.05, 0) is 6.42 Å². The Balaban J connectivity index is 3.23. The fourth-order valence-corrected chi connectivity index (χ4v) is 1.87. The molecule has 0 radical (unpaired) electrons. The van der Waals surface area contributed by atoms with Gasteiger partial charge in [-0.1, -0.05) is 27.2 Å². The van der Waals surface area contributed by atoms with Crippen molar-refractivity contribution in [2.45, 2.75) is 40.2 Å². The average Bonchev–Trinajstić information content (AvgIpc) is 2.45. The molecule has 0 aliphatic heterocycles. The van der Waals surface area contributed by atoms with E-state index in [1.54, 1.807) is 0 Å². The molecular weight excluding hydrogens is 272 g/mol. The van der Waals surface area contributed by atoms with Crippen LogP contribution in [0, 0.1) is 5.41 Å². The van der Waals surface area contributed by atoms with E-state index in [2.05, 4.69) is 5.32 Å². The second-order valence-electron chi connectivity index (χ2n) is 6.09. The molecular formula is C14H26N4O3. The molecule has 1 aromatic rings. The van der Waals surface area contributed by atoms with Crippen LogP contribution in [-0.2, 0) is 13.6 Å². The Kier molecular flexibility index (Phi) is 5.60. The Bertz CT molecular complexity index is 601. The predicted octanol–water partition coefficient (Wildman–Crippen LogP) is 0.360. The third-order valence-corrected chi connectivity index (χ3v) is 3.49. The number of nitrogens with zero attached hydrogens (tertiary/aromatic N) is 2. The predicted molar refractivity (Wildman–Crippen MR) is 84.6 cm³/mol. The molecule has 0 spiro atoms. The number of nitrogens with one attached hydrogen (secondary N) is 1. The van der Waals surface area contributed by atoms with Gasteiger partial charge in [-0.15, -0.1) is 0 Å². The molecule has 21 heavy (non-hydrogen) atoms. The summed E-state index contributed by atoms with van der Waals surface area (Å²) in [5, 5.41) is 12.2. The molecule has 0 saturated heterocycles. The van der Waals surface area contributed by atoms with E-state index < -0.39 is 11.2 Å². The number of aliphatic hydroxyl groups excluding tert-OH is 1. The molecule has 0 aliphatic carbocycles. The fraction of sp³-hybridized carbons (Fsp3) is 0.714. The van der Waals surface area contributed by atoms with Crippen molar-refractivity contribution < 1.29 is 5.11 Å². The van der Waals surface area contributed by atoms with Gasteiger partial charge in [0.2, 0.25) is 0 Å². The number of nitrogen functional groups attached to an aromatic ring is 1. The van der Waals surface area contributed by atoms with Crippen molar-refractivity contribution in [3.63, 3.8) is 0 Å². The van der Waals surface area contributed by atoms with Gasteiger partial charge in [0, 0.05) is 32.2 Å². The summed E-state index contributed by atoms with van der Waals surface area (Å²) >= 11 is 0. The SMILES string of the molecule is CCCCn1c(N)c(NCC(C)(C)CO)c(=O)n(C)c1=O. The quantitative estimate of drug-likeness (QED) is 0.674. The molecule has 7 heteroatoms. The third-order valence-electron chi connectivity index (χ3n) is 3.49. The molecule has 0 aliphatic rings. The van der Waals surface area contributed by atoms with Gasteiger partial charge < -0.3 is 16.2 Å². The van der Waals surface area contributed by atoms with Gasteiger partial charge >= 0.3 is 5.69 Å². The molecule has 1 aromatic heterocycles. The molecule has 0 unspecified atom stereocenters. The lowest BCUT2D eigenvalue weighted by molar-refractivity contribution is 0.171.